The van der Waals surface area contributed by atoms with Gasteiger partial charge in [0.15, 0.2) is 0 Å². The van der Waals surface area contributed by atoms with E-state index in [9.17, 15) is 4.79 Å². The molecule has 4 heteroatoms. The number of aryl methyl sites for hydroxylation is 2. The van der Waals surface area contributed by atoms with Crippen LogP contribution in [-0.4, -0.2) is 22.0 Å². The summed E-state index contributed by atoms with van der Waals surface area (Å²) in [5.74, 6) is 1.08. The van der Waals surface area contributed by atoms with Gasteiger partial charge in [0.2, 0.25) is 5.91 Å². The highest BCUT2D eigenvalue weighted by Crippen LogP contribution is 2.34. The van der Waals surface area contributed by atoms with Gasteiger partial charge in [-0.1, -0.05) is 30.8 Å². The lowest BCUT2D eigenvalue weighted by atomic mass is 10.1. The van der Waals surface area contributed by atoms with Crippen LogP contribution in [0.4, 0.5) is 5.69 Å². The van der Waals surface area contributed by atoms with Gasteiger partial charge in [0, 0.05) is 24.6 Å². The molecule has 1 atom stereocenters. The number of para-hydroxylation sites is 2. The van der Waals surface area contributed by atoms with Gasteiger partial charge in [0.1, 0.15) is 5.82 Å². The zero-order chi connectivity index (χ0) is 18.3. The second-order valence-corrected chi connectivity index (χ2v) is 6.86. The Morgan fingerprint density at radius 1 is 1.23 bits per heavy atom. The Labute approximate surface area is 153 Å². The van der Waals surface area contributed by atoms with Crippen molar-refractivity contribution in [1.82, 2.24) is 9.55 Å². The summed E-state index contributed by atoms with van der Waals surface area (Å²) in [7, 11) is 0. The Morgan fingerprint density at radius 2 is 2.04 bits per heavy atom. The number of anilines is 1. The molecule has 2 aromatic carbocycles. The number of hydrogen-bond donors (Lipinski definition) is 0. The third-order valence-corrected chi connectivity index (χ3v) is 4.99. The second-order valence-electron chi connectivity index (χ2n) is 6.86. The van der Waals surface area contributed by atoms with Crippen LogP contribution >= 0.6 is 0 Å². The predicted octanol–water partition coefficient (Wildman–Crippen LogP) is 4.43. The molecule has 1 amide bonds. The topological polar surface area (TPSA) is 38.1 Å². The number of benzene rings is 2. The van der Waals surface area contributed by atoms with Crippen LogP contribution in [0.1, 0.15) is 29.3 Å². The monoisotopic (exact) mass is 343 g/mol. The Hall–Kier alpha value is -3.10. The van der Waals surface area contributed by atoms with Crippen LogP contribution in [0, 0.1) is 13.8 Å². The highest BCUT2D eigenvalue weighted by molar-refractivity contribution is 5.97. The molecule has 0 bridgehead atoms. The van der Waals surface area contributed by atoms with Crippen molar-refractivity contribution < 1.29 is 4.79 Å². The first-order chi connectivity index (χ1) is 12.6. The molecule has 0 radical (unpaired) electrons. The van der Waals surface area contributed by atoms with Crippen molar-refractivity contribution in [3.63, 3.8) is 0 Å². The minimum absolute atomic E-state index is 0.0411. The van der Waals surface area contributed by atoms with E-state index in [1.165, 1.54) is 0 Å². The van der Waals surface area contributed by atoms with E-state index in [1.807, 2.05) is 40.7 Å². The van der Waals surface area contributed by atoms with Gasteiger partial charge in [-0.3, -0.25) is 9.36 Å². The van der Waals surface area contributed by atoms with E-state index in [2.05, 4.69) is 37.4 Å². The number of amides is 1. The summed E-state index contributed by atoms with van der Waals surface area (Å²) in [6, 6.07) is 14.2. The highest BCUT2D eigenvalue weighted by atomic mass is 16.2. The molecule has 1 aromatic heterocycles. The normalized spacial score (nSPS) is 16.9. The molecule has 1 aliphatic rings. The summed E-state index contributed by atoms with van der Waals surface area (Å²) in [5.41, 5.74) is 8.05. The summed E-state index contributed by atoms with van der Waals surface area (Å²) in [4.78, 5) is 19.5. The van der Waals surface area contributed by atoms with Gasteiger partial charge in [-0.05, 0) is 43.2 Å². The molecule has 4 rings (SSSR count). The van der Waals surface area contributed by atoms with Crippen molar-refractivity contribution >= 4 is 28.8 Å². The first-order valence-electron chi connectivity index (χ1n) is 8.79. The largest absolute Gasteiger partial charge is 0.311 e. The maximum Gasteiger partial charge on any atom is 0.227 e. The maximum atomic E-state index is 12.8. The van der Waals surface area contributed by atoms with Crippen LogP contribution in [0.5, 0.6) is 0 Å². The fourth-order valence-corrected chi connectivity index (χ4v) is 3.70. The average molecular weight is 343 g/mol. The molecule has 1 aliphatic heterocycles. The summed E-state index contributed by atoms with van der Waals surface area (Å²) >= 11 is 0. The summed E-state index contributed by atoms with van der Waals surface area (Å²) in [6.07, 6.45) is 2.26. The standard InChI is InChI=1S/C22H21N3O/c1-4-11-24-19-8-6-5-7-18(19)23-22(24)17-13-21(26)25(14-17)20-12-15(2)9-10-16(20)3/h5-12,17H,1,13-14H2,2-3H3. The Balaban J connectivity index is 1.76. The summed E-state index contributed by atoms with van der Waals surface area (Å²) in [6.45, 7) is 8.44. The van der Waals surface area contributed by atoms with E-state index in [1.54, 1.807) is 6.20 Å². The van der Waals surface area contributed by atoms with Gasteiger partial charge in [0.05, 0.1) is 17.2 Å². The Bertz CT molecular complexity index is 1060. The average Bonchev–Trinajstić information content (AvgIpc) is 3.18. The number of fused-ring (bicyclic) bond motifs is 1. The molecule has 0 saturated carbocycles. The van der Waals surface area contributed by atoms with Crippen molar-refractivity contribution in [3.8, 4) is 0 Å². The third-order valence-electron chi connectivity index (χ3n) is 4.99. The molecule has 3 aromatic rings. The molecule has 1 saturated heterocycles. The van der Waals surface area contributed by atoms with E-state index in [0.29, 0.717) is 13.0 Å². The number of nitrogens with zero attached hydrogens (tertiary/aromatic N) is 3. The molecule has 1 fully saturated rings. The Kier molecular flexibility index (Phi) is 3.98. The Morgan fingerprint density at radius 3 is 2.85 bits per heavy atom. The third kappa shape index (κ3) is 2.65. The minimum atomic E-state index is 0.0411. The van der Waals surface area contributed by atoms with Crippen molar-refractivity contribution in [2.24, 2.45) is 0 Å². The second kappa shape index (κ2) is 6.32. The molecular formula is C22H21N3O. The maximum absolute atomic E-state index is 12.8. The number of rotatable bonds is 3. The van der Waals surface area contributed by atoms with E-state index in [4.69, 9.17) is 4.98 Å². The van der Waals surface area contributed by atoms with Crippen LogP contribution in [-0.2, 0) is 4.79 Å². The molecule has 0 aliphatic carbocycles. The number of hydrogen-bond acceptors (Lipinski definition) is 2. The van der Waals surface area contributed by atoms with Crippen LogP contribution in [0.15, 0.2) is 54.8 Å². The highest BCUT2D eigenvalue weighted by Gasteiger charge is 2.35. The number of imidazole rings is 1. The smallest absolute Gasteiger partial charge is 0.227 e. The quantitative estimate of drug-likeness (QED) is 0.660. The number of carbonyl (C=O) groups is 1. The zero-order valence-electron chi connectivity index (χ0n) is 15.1. The zero-order valence-corrected chi connectivity index (χ0v) is 15.1. The van der Waals surface area contributed by atoms with E-state index < -0.39 is 0 Å². The van der Waals surface area contributed by atoms with Crippen LogP contribution in [0.3, 0.4) is 0 Å². The van der Waals surface area contributed by atoms with Crippen LogP contribution < -0.4 is 4.90 Å². The van der Waals surface area contributed by atoms with E-state index >= 15 is 0 Å². The van der Waals surface area contributed by atoms with Gasteiger partial charge in [0.25, 0.3) is 0 Å². The molecule has 26 heavy (non-hydrogen) atoms. The fraction of sp³-hybridized carbons (Fsp3) is 0.227. The van der Waals surface area contributed by atoms with Gasteiger partial charge in [-0.15, -0.1) is 5.73 Å². The van der Waals surface area contributed by atoms with Gasteiger partial charge < -0.3 is 4.90 Å². The van der Waals surface area contributed by atoms with Crippen molar-refractivity contribution in [1.29, 1.82) is 0 Å². The first-order valence-corrected chi connectivity index (χ1v) is 8.79. The summed E-state index contributed by atoms with van der Waals surface area (Å²) in [5, 5.41) is 0. The van der Waals surface area contributed by atoms with E-state index in [0.717, 1.165) is 33.7 Å². The number of aromatic nitrogens is 2. The van der Waals surface area contributed by atoms with Crippen molar-refractivity contribution in [2.45, 2.75) is 26.2 Å². The lowest BCUT2D eigenvalue weighted by Crippen LogP contribution is -2.25. The van der Waals surface area contributed by atoms with Crippen molar-refractivity contribution in [2.75, 3.05) is 11.4 Å². The summed E-state index contributed by atoms with van der Waals surface area (Å²) < 4.78 is 2.01. The molecule has 0 spiro atoms. The van der Waals surface area contributed by atoms with Crippen LogP contribution in [0.2, 0.25) is 0 Å². The SMILES string of the molecule is C=C=Cn1c(C2CC(=O)N(c3cc(C)ccc3C)C2)nc2ccccc21. The molecule has 0 N–H and O–H groups in total. The molecular weight excluding hydrogens is 322 g/mol. The van der Waals surface area contributed by atoms with Crippen LogP contribution in [0.25, 0.3) is 17.2 Å². The first kappa shape index (κ1) is 16.4. The van der Waals surface area contributed by atoms with Gasteiger partial charge in [-0.25, -0.2) is 4.98 Å². The van der Waals surface area contributed by atoms with Gasteiger partial charge in [-0.2, -0.15) is 0 Å². The van der Waals surface area contributed by atoms with Crippen molar-refractivity contribution in [3.05, 3.63) is 71.7 Å². The minimum Gasteiger partial charge on any atom is -0.311 e. The molecule has 130 valence electrons. The molecule has 2 heterocycles. The fourth-order valence-electron chi connectivity index (χ4n) is 3.70. The predicted molar refractivity (Wildman–Crippen MR) is 105 cm³/mol. The number of carbonyl (C=O) groups excluding carboxylic acids is 1. The lowest BCUT2D eigenvalue weighted by molar-refractivity contribution is -0.117. The molecule has 1 unspecified atom stereocenters. The lowest BCUT2D eigenvalue weighted by Gasteiger charge is -2.19. The van der Waals surface area contributed by atoms with Gasteiger partial charge >= 0.3 is 0 Å². The van der Waals surface area contributed by atoms with E-state index in [-0.39, 0.29) is 11.8 Å². The molecule has 4 nitrogen and oxygen atoms in total.